The molecule has 1 rings (SSSR count). The zero-order valence-electron chi connectivity index (χ0n) is 8.97. The first-order valence-electron chi connectivity index (χ1n) is 5.61. The van der Waals surface area contributed by atoms with Crippen molar-refractivity contribution >= 4 is 0 Å². The second-order valence-electron chi connectivity index (χ2n) is 4.04. The molecule has 2 heteroatoms. The van der Waals surface area contributed by atoms with Crippen LogP contribution in [0.15, 0.2) is 24.3 Å². The summed E-state index contributed by atoms with van der Waals surface area (Å²) in [7, 11) is 0. The molecule has 0 radical (unpaired) electrons. The lowest BCUT2D eigenvalue weighted by molar-refractivity contribution is 0.481. The fourth-order valence-corrected chi connectivity index (χ4v) is 1.97. The SMILES string of the molecule is C=CCCC(CC1=CCCCC1)NN. The van der Waals surface area contributed by atoms with Gasteiger partial charge < -0.3 is 0 Å². The number of nitrogens with two attached hydrogens (primary N) is 1. The van der Waals surface area contributed by atoms with E-state index in [-0.39, 0.29) is 0 Å². The van der Waals surface area contributed by atoms with Crippen LogP contribution in [0, 0.1) is 0 Å². The van der Waals surface area contributed by atoms with Crippen LogP contribution >= 0.6 is 0 Å². The van der Waals surface area contributed by atoms with Crippen LogP contribution in [-0.4, -0.2) is 6.04 Å². The van der Waals surface area contributed by atoms with E-state index in [0.29, 0.717) is 6.04 Å². The van der Waals surface area contributed by atoms with Crippen LogP contribution < -0.4 is 11.3 Å². The maximum atomic E-state index is 5.52. The third-order valence-electron chi connectivity index (χ3n) is 2.85. The highest BCUT2D eigenvalue weighted by molar-refractivity contribution is 5.06. The van der Waals surface area contributed by atoms with E-state index in [2.05, 4.69) is 18.1 Å². The zero-order chi connectivity index (χ0) is 10.2. The highest BCUT2D eigenvalue weighted by atomic mass is 15.2. The van der Waals surface area contributed by atoms with E-state index in [1.165, 1.54) is 25.7 Å². The molecule has 0 aliphatic heterocycles. The Morgan fingerprint density at radius 3 is 3.00 bits per heavy atom. The largest absolute Gasteiger partial charge is 0.271 e. The molecule has 0 saturated carbocycles. The average Bonchev–Trinajstić information content (AvgIpc) is 2.25. The van der Waals surface area contributed by atoms with Gasteiger partial charge in [-0.2, -0.15) is 0 Å². The fraction of sp³-hybridized carbons (Fsp3) is 0.667. The minimum absolute atomic E-state index is 0.428. The average molecular weight is 194 g/mol. The van der Waals surface area contributed by atoms with Gasteiger partial charge in [0.15, 0.2) is 0 Å². The van der Waals surface area contributed by atoms with E-state index in [1.54, 1.807) is 5.57 Å². The molecule has 1 atom stereocenters. The summed E-state index contributed by atoms with van der Waals surface area (Å²) in [4.78, 5) is 0. The van der Waals surface area contributed by atoms with Gasteiger partial charge in [-0.15, -0.1) is 6.58 Å². The van der Waals surface area contributed by atoms with Crippen LogP contribution in [0.4, 0.5) is 0 Å². The van der Waals surface area contributed by atoms with Crippen LogP contribution in [-0.2, 0) is 0 Å². The maximum absolute atomic E-state index is 5.52. The molecule has 0 amide bonds. The Kier molecular flexibility index (Phi) is 5.57. The number of hydrogen-bond acceptors (Lipinski definition) is 2. The molecule has 0 fully saturated rings. The van der Waals surface area contributed by atoms with Crippen molar-refractivity contribution in [3.05, 3.63) is 24.3 Å². The predicted molar refractivity (Wildman–Crippen MR) is 61.7 cm³/mol. The highest BCUT2D eigenvalue weighted by Crippen LogP contribution is 2.22. The lowest BCUT2D eigenvalue weighted by Crippen LogP contribution is -2.35. The summed E-state index contributed by atoms with van der Waals surface area (Å²) in [5.74, 6) is 5.52. The van der Waals surface area contributed by atoms with Crippen LogP contribution in [0.25, 0.3) is 0 Å². The van der Waals surface area contributed by atoms with E-state index >= 15 is 0 Å². The molecule has 0 heterocycles. The Morgan fingerprint density at radius 2 is 2.43 bits per heavy atom. The molecule has 2 nitrogen and oxygen atoms in total. The fourth-order valence-electron chi connectivity index (χ4n) is 1.97. The summed E-state index contributed by atoms with van der Waals surface area (Å²) in [5, 5.41) is 0. The number of nitrogens with one attached hydrogen (secondary N) is 1. The normalized spacial score (nSPS) is 18.8. The molecule has 0 spiro atoms. The van der Waals surface area contributed by atoms with Gasteiger partial charge in [-0.25, -0.2) is 0 Å². The van der Waals surface area contributed by atoms with Crippen molar-refractivity contribution in [3.8, 4) is 0 Å². The Morgan fingerprint density at radius 1 is 1.57 bits per heavy atom. The maximum Gasteiger partial charge on any atom is 0.0250 e. The van der Waals surface area contributed by atoms with Crippen molar-refractivity contribution in [2.45, 2.75) is 51.0 Å². The first-order valence-corrected chi connectivity index (χ1v) is 5.61. The van der Waals surface area contributed by atoms with Gasteiger partial charge in [0, 0.05) is 6.04 Å². The third-order valence-corrected chi connectivity index (χ3v) is 2.85. The van der Waals surface area contributed by atoms with Crippen LogP contribution in [0.1, 0.15) is 44.9 Å². The Hall–Kier alpha value is -0.600. The Balaban J connectivity index is 2.30. The van der Waals surface area contributed by atoms with Gasteiger partial charge in [0.25, 0.3) is 0 Å². The summed E-state index contributed by atoms with van der Waals surface area (Å²) in [6.45, 7) is 3.73. The van der Waals surface area contributed by atoms with Gasteiger partial charge in [-0.05, 0) is 44.9 Å². The molecule has 1 unspecified atom stereocenters. The van der Waals surface area contributed by atoms with E-state index in [1.807, 2.05) is 6.08 Å². The summed E-state index contributed by atoms with van der Waals surface area (Å²) in [6, 6.07) is 0.428. The third kappa shape index (κ3) is 4.07. The molecule has 14 heavy (non-hydrogen) atoms. The van der Waals surface area contributed by atoms with Gasteiger partial charge in [0.1, 0.15) is 0 Å². The van der Waals surface area contributed by atoms with Crippen molar-refractivity contribution in [2.75, 3.05) is 0 Å². The van der Waals surface area contributed by atoms with E-state index in [4.69, 9.17) is 5.84 Å². The number of rotatable bonds is 6. The highest BCUT2D eigenvalue weighted by Gasteiger charge is 2.10. The van der Waals surface area contributed by atoms with Crippen molar-refractivity contribution in [3.63, 3.8) is 0 Å². The summed E-state index contributed by atoms with van der Waals surface area (Å²) < 4.78 is 0. The van der Waals surface area contributed by atoms with Crippen molar-refractivity contribution in [2.24, 2.45) is 5.84 Å². The van der Waals surface area contributed by atoms with Crippen molar-refractivity contribution in [1.82, 2.24) is 5.43 Å². The van der Waals surface area contributed by atoms with Crippen LogP contribution in [0.5, 0.6) is 0 Å². The lowest BCUT2D eigenvalue weighted by atomic mass is 9.93. The molecule has 3 N–H and O–H groups in total. The minimum Gasteiger partial charge on any atom is -0.271 e. The summed E-state index contributed by atoms with van der Waals surface area (Å²) >= 11 is 0. The first kappa shape index (κ1) is 11.5. The van der Waals surface area contributed by atoms with Gasteiger partial charge in [0.2, 0.25) is 0 Å². The van der Waals surface area contributed by atoms with E-state index < -0.39 is 0 Å². The van der Waals surface area contributed by atoms with Crippen molar-refractivity contribution in [1.29, 1.82) is 0 Å². The number of allylic oxidation sites excluding steroid dienone is 2. The molecular weight excluding hydrogens is 172 g/mol. The molecule has 0 bridgehead atoms. The Bertz CT molecular complexity index is 196. The van der Waals surface area contributed by atoms with Gasteiger partial charge >= 0.3 is 0 Å². The molecular formula is C12H22N2. The Labute approximate surface area is 87.2 Å². The molecule has 0 aromatic rings. The van der Waals surface area contributed by atoms with Crippen LogP contribution in [0.3, 0.4) is 0 Å². The van der Waals surface area contributed by atoms with E-state index in [0.717, 1.165) is 19.3 Å². The topological polar surface area (TPSA) is 38.0 Å². The second kappa shape index (κ2) is 6.80. The van der Waals surface area contributed by atoms with E-state index in [9.17, 15) is 0 Å². The lowest BCUT2D eigenvalue weighted by Gasteiger charge is -2.19. The molecule has 1 aliphatic rings. The zero-order valence-corrected chi connectivity index (χ0v) is 8.97. The molecule has 0 aromatic heterocycles. The van der Waals surface area contributed by atoms with Gasteiger partial charge in [0.05, 0.1) is 0 Å². The monoisotopic (exact) mass is 194 g/mol. The summed E-state index contributed by atoms with van der Waals surface area (Å²) in [6.07, 6.45) is 12.8. The molecule has 0 aromatic carbocycles. The predicted octanol–water partition coefficient (Wildman–Crippen LogP) is 2.67. The first-order chi connectivity index (χ1) is 6.86. The standard InChI is InChI=1S/C12H22N2/c1-2-3-9-12(14-13)10-11-7-5-4-6-8-11/h2,7,12,14H,1,3-6,8-10,13H2. The smallest absolute Gasteiger partial charge is 0.0250 e. The number of hydrogen-bond donors (Lipinski definition) is 2. The van der Waals surface area contributed by atoms with Gasteiger partial charge in [-0.3, -0.25) is 11.3 Å². The molecule has 80 valence electrons. The second-order valence-corrected chi connectivity index (χ2v) is 4.04. The van der Waals surface area contributed by atoms with Crippen LogP contribution in [0.2, 0.25) is 0 Å². The number of hydrazine groups is 1. The van der Waals surface area contributed by atoms with Gasteiger partial charge in [-0.1, -0.05) is 17.7 Å². The minimum atomic E-state index is 0.428. The molecule has 0 saturated heterocycles. The van der Waals surface area contributed by atoms with Crippen molar-refractivity contribution < 1.29 is 0 Å². The quantitative estimate of drug-likeness (QED) is 0.387. The molecule has 1 aliphatic carbocycles. The summed E-state index contributed by atoms with van der Waals surface area (Å²) in [5.41, 5.74) is 4.48.